The first-order chi connectivity index (χ1) is 18.8. The van der Waals surface area contributed by atoms with Crippen molar-refractivity contribution < 1.29 is 18.0 Å². The predicted octanol–water partition coefficient (Wildman–Crippen LogP) is 5.90. The fourth-order valence-electron chi connectivity index (χ4n) is 4.30. The van der Waals surface area contributed by atoms with Crippen LogP contribution in [-0.4, -0.2) is 43.8 Å². The van der Waals surface area contributed by atoms with Crippen LogP contribution in [0.25, 0.3) is 0 Å². The molecule has 3 rings (SSSR count). The van der Waals surface area contributed by atoms with E-state index in [0.29, 0.717) is 5.69 Å². The van der Waals surface area contributed by atoms with Crippen molar-refractivity contribution in [2.24, 2.45) is 0 Å². The lowest BCUT2D eigenvalue weighted by Gasteiger charge is -2.32. The van der Waals surface area contributed by atoms with E-state index in [2.05, 4.69) is 21.2 Å². The smallest absolute Gasteiger partial charge is 0.264 e. The minimum absolute atomic E-state index is 0.0618. The van der Waals surface area contributed by atoms with Crippen molar-refractivity contribution >= 4 is 43.5 Å². The molecule has 2 amide bonds. The van der Waals surface area contributed by atoms with Crippen LogP contribution in [0, 0.1) is 20.8 Å². The van der Waals surface area contributed by atoms with Gasteiger partial charge in [0.1, 0.15) is 12.6 Å². The number of rotatable bonds is 11. The van der Waals surface area contributed by atoms with Crippen LogP contribution < -0.4 is 9.62 Å². The molecule has 0 saturated heterocycles. The maximum atomic E-state index is 14.0. The van der Waals surface area contributed by atoms with Crippen molar-refractivity contribution in [3.63, 3.8) is 0 Å². The third-order valence-electron chi connectivity index (χ3n) is 6.82. The average Bonchev–Trinajstić information content (AvgIpc) is 2.90. The first kappa shape index (κ1) is 31.4. The van der Waals surface area contributed by atoms with E-state index in [9.17, 15) is 18.0 Å². The van der Waals surface area contributed by atoms with Gasteiger partial charge < -0.3 is 10.2 Å². The summed E-state index contributed by atoms with van der Waals surface area (Å²) in [6, 6.07) is 18.6. The van der Waals surface area contributed by atoms with Crippen molar-refractivity contribution in [2.75, 3.05) is 10.8 Å². The molecule has 0 aromatic heterocycles. The Morgan fingerprint density at radius 2 is 1.45 bits per heavy atom. The van der Waals surface area contributed by atoms with Gasteiger partial charge >= 0.3 is 0 Å². The second-order valence-electron chi connectivity index (χ2n) is 10.3. The SMILES string of the molecule is CC[C@@H](C)NC(=O)[C@@H](C)N(Cc1ccc(Br)cc1)C(=O)CN(c1cc(C)cc(C)c1)S(=O)(=O)c1ccc(C)cc1. The number of aryl methyl sites for hydroxylation is 3. The topological polar surface area (TPSA) is 86.8 Å². The van der Waals surface area contributed by atoms with Gasteiger partial charge in [-0.05, 0) is 94.1 Å². The van der Waals surface area contributed by atoms with Crippen molar-refractivity contribution in [2.45, 2.75) is 71.5 Å². The molecule has 0 unspecified atom stereocenters. The molecule has 0 aliphatic carbocycles. The second-order valence-corrected chi connectivity index (χ2v) is 13.1. The molecule has 2 atom stereocenters. The van der Waals surface area contributed by atoms with Gasteiger partial charge in [0.2, 0.25) is 11.8 Å². The van der Waals surface area contributed by atoms with Gasteiger partial charge in [0.05, 0.1) is 10.6 Å². The molecular weight excluding hydrogens is 590 g/mol. The molecule has 1 N–H and O–H groups in total. The van der Waals surface area contributed by atoms with Crippen LogP contribution in [0.4, 0.5) is 5.69 Å². The van der Waals surface area contributed by atoms with Gasteiger partial charge in [0.25, 0.3) is 10.0 Å². The van der Waals surface area contributed by atoms with Gasteiger partial charge in [0.15, 0.2) is 0 Å². The number of hydrogen-bond acceptors (Lipinski definition) is 4. The van der Waals surface area contributed by atoms with E-state index >= 15 is 0 Å². The summed E-state index contributed by atoms with van der Waals surface area (Å²) in [7, 11) is -4.10. The normalized spacial score (nSPS) is 12.9. The number of carbonyl (C=O) groups excluding carboxylic acids is 2. The van der Waals surface area contributed by atoms with E-state index in [1.165, 1.54) is 4.90 Å². The number of carbonyl (C=O) groups is 2. The minimum atomic E-state index is -4.10. The van der Waals surface area contributed by atoms with Crippen LogP contribution in [0.3, 0.4) is 0 Å². The summed E-state index contributed by atoms with van der Waals surface area (Å²) in [6.45, 7) is 10.9. The van der Waals surface area contributed by atoms with Gasteiger partial charge in [-0.3, -0.25) is 13.9 Å². The largest absolute Gasteiger partial charge is 0.352 e. The Labute approximate surface area is 246 Å². The lowest BCUT2D eigenvalue weighted by Crippen LogP contribution is -2.52. The summed E-state index contributed by atoms with van der Waals surface area (Å²) in [5, 5.41) is 2.95. The third kappa shape index (κ3) is 7.95. The van der Waals surface area contributed by atoms with Gasteiger partial charge in [-0.2, -0.15) is 0 Å². The molecule has 214 valence electrons. The molecule has 0 aliphatic heterocycles. The lowest BCUT2D eigenvalue weighted by molar-refractivity contribution is -0.139. The molecular formula is C31H38BrN3O4S. The van der Waals surface area contributed by atoms with E-state index < -0.39 is 28.5 Å². The third-order valence-corrected chi connectivity index (χ3v) is 9.13. The molecule has 0 aliphatic rings. The summed E-state index contributed by atoms with van der Waals surface area (Å²) in [5.41, 5.74) is 3.89. The molecule has 9 heteroatoms. The van der Waals surface area contributed by atoms with E-state index in [4.69, 9.17) is 0 Å². The zero-order chi connectivity index (χ0) is 29.6. The van der Waals surface area contributed by atoms with E-state index in [1.807, 2.05) is 65.0 Å². The minimum Gasteiger partial charge on any atom is -0.352 e. The van der Waals surface area contributed by atoms with E-state index in [-0.39, 0.29) is 23.4 Å². The summed E-state index contributed by atoms with van der Waals surface area (Å²) in [6.07, 6.45) is 0.744. The number of sulfonamides is 1. The molecule has 7 nitrogen and oxygen atoms in total. The summed E-state index contributed by atoms with van der Waals surface area (Å²) >= 11 is 3.43. The number of halogens is 1. The molecule has 0 bridgehead atoms. The molecule has 0 fully saturated rings. The second kappa shape index (κ2) is 13.5. The Bertz CT molecular complexity index is 1420. The monoisotopic (exact) mass is 627 g/mol. The lowest BCUT2D eigenvalue weighted by atomic mass is 10.1. The molecule has 0 heterocycles. The molecule has 3 aromatic carbocycles. The zero-order valence-corrected chi connectivity index (χ0v) is 26.3. The molecule has 40 heavy (non-hydrogen) atoms. The number of anilines is 1. The molecule has 0 radical (unpaired) electrons. The molecule has 0 spiro atoms. The van der Waals surface area contributed by atoms with Gasteiger partial charge in [-0.15, -0.1) is 0 Å². The van der Waals surface area contributed by atoms with Crippen LogP contribution >= 0.6 is 15.9 Å². The maximum Gasteiger partial charge on any atom is 0.264 e. The summed E-state index contributed by atoms with van der Waals surface area (Å²) in [4.78, 5) is 28.7. The van der Waals surface area contributed by atoms with Crippen LogP contribution in [0.1, 0.15) is 49.4 Å². The quantitative estimate of drug-likeness (QED) is 0.287. The Kier molecular flexibility index (Phi) is 10.6. The first-order valence-corrected chi connectivity index (χ1v) is 15.6. The number of hydrogen-bond donors (Lipinski definition) is 1. The molecule has 0 saturated carbocycles. The fourth-order valence-corrected chi connectivity index (χ4v) is 5.96. The number of nitrogens with one attached hydrogen (secondary N) is 1. The van der Waals surface area contributed by atoms with Crippen molar-refractivity contribution in [1.29, 1.82) is 0 Å². The Morgan fingerprint density at radius 3 is 2.00 bits per heavy atom. The van der Waals surface area contributed by atoms with Gasteiger partial charge in [0, 0.05) is 17.1 Å². The van der Waals surface area contributed by atoms with E-state index in [0.717, 1.165) is 37.5 Å². The Hall–Kier alpha value is -3.17. The summed E-state index contributed by atoms with van der Waals surface area (Å²) < 4.78 is 30.0. The van der Waals surface area contributed by atoms with Crippen LogP contribution in [0.2, 0.25) is 0 Å². The highest BCUT2D eigenvalue weighted by Crippen LogP contribution is 2.27. The number of amides is 2. The molecule has 3 aromatic rings. The number of nitrogens with zero attached hydrogens (tertiary/aromatic N) is 2. The highest BCUT2D eigenvalue weighted by molar-refractivity contribution is 9.10. The maximum absolute atomic E-state index is 14.0. The van der Waals surface area contributed by atoms with Crippen molar-refractivity contribution in [1.82, 2.24) is 10.2 Å². The van der Waals surface area contributed by atoms with Crippen LogP contribution in [0.15, 0.2) is 76.1 Å². The van der Waals surface area contributed by atoms with Gasteiger partial charge in [-0.1, -0.05) is 58.7 Å². The first-order valence-electron chi connectivity index (χ1n) is 13.3. The van der Waals surface area contributed by atoms with Crippen molar-refractivity contribution in [3.05, 3.63) is 93.5 Å². The highest BCUT2D eigenvalue weighted by Gasteiger charge is 2.33. The Balaban J connectivity index is 2.05. The standard InChI is InChI=1S/C31H38BrN3O4S/c1-7-24(5)33-31(37)25(6)34(19-26-10-12-27(32)13-11-26)30(36)20-35(28-17-22(3)16-23(4)18-28)40(38,39)29-14-8-21(2)9-15-29/h8-18,24-25H,7,19-20H2,1-6H3,(H,33,37)/t24-,25-/m1/s1. The number of benzene rings is 3. The predicted molar refractivity (Wildman–Crippen MR) is 164 cm³/mol. The zero-order valence-electron chi connectivity index (χ0n) is 23.9. The fraction of sp³-hybridized carbons (Fsp3) is 0.355. The van der Waals surface area contributed by atoms with Gasteiger partial charge in [-0.25, -0.2) is 8.42 Å². The highest BCUT2D eigenvalue weighted by atomic mass is 79.9. The Morgan fingerprint density at radius 1 is 0.875 bits per heavy atom. The van der Waals surface area contributed by atoms with Crippen molar-refractivity contribution in [3.8, 4) is 0 Å². The summed E-state index contributed by atoms with van der Waals surface area (Å²) in [5.74, 6) is -0.774. The van der Waals surface area contributed by atoms with E-state index in [1.54, 1.807) is 43.3 Å². The average molecular weight is 629 g/mol. The van der Waals surface area contributed by atoms with Crippen LogP contribution in [-0.2, 0) is 26.2 Å². The van der Waals surface area contributed by atoms with Crippen LogP contribution in [0.5, 0.6) is 0 Å².